The highest BCUT2D eigenvalue weighted by Gasteiger charge is 2.15. The van der Waals surface area contributed by atoms with Crippen molar-refractivity contribution in [1.82, 2.24) is 9.55 Å². The van der Waals surface area contributed by atoms with Crippen LogP contribution in [0.5, 0.6) is 0 Å². The van der Waals surface area contributed by atoms with E-state index in [1.165, 1.54) is 7.11 Å². The number of esters is 1. The quantitative estimate of drug-likeness (QED) is 0.687. The third-order valence-electron chi connectivity index (χ3n) is 2.92. The molecule has 0 bridgehead atoms. The van der Waals surface area contributed by atoms with Gasteiger partial charge in [-0.3, -0.25) is 0 Å². The van der Waals surface area contributed by atoms with Gasteiger partial charge in [0.1, 0.15) is 5.82 Å². The van der Waals surface area contributed by atoms with Gasteiger partial charge in [0.15, 0.2) is 0 Å². The number of carbonyl (C=O) groups is 1. The molecule has 0 aliphatic carbocycles. The lowest BCUT2D eigenvalue weighted by Crippen LogP contribution is -2.05. The monoisotopic (exact) mass is 218 g/mol. The van der Waals surface area contributed by atoms with E-state index in [2.05, 4.69) is 4.98 Å². The number of hydrogen-bond acceptors (Lipinski definition) is 3. The summed E-state index contributed by atoms with van der Waals surface area (Å²) in [6.45, 7) is 3.85. The van der Waals surface area contributed by atoms with Gasteiger partial charge in [0, 0.05) is 7.05 Å². The van der Waals surface area contributed by atoms with Crippen molar-refractivity contribution in [2.75, 3.05) is 7.11 Å². The van der Waals surface area contributed by atoms with Crippen LogP contribution in [0, 0.1) is 13.8 Å². The standard InChI is InChI=1S/C12H14N2O2/c1-7-9(12(15)16-4)5-6-10-11(7)14(3)8(2)13-10/h5-6H,1-4H3. The molecule has 0 saturated heterocycles. The number of hydrogen-bond donors (Lipinski definition) is 0. The number of benzene rings is 1. The second kappa shape index (κ2) is 3.63. The number of methoxy groups -OCH3 is 1. The van der Waals surface area contributed by atoms with E-state index in [9.17, 15) is 4.79 Å². The minimum atomic E-state index is -0.307. The van der Waals surface area contributed by atoms with Crippen molar-refractivity contribution in [2.45, 2.75) is 13.8 Å². The maximum absolute atomic E-state index is 11.5. The van der Waals surface area contributed by atoms with Gasteiger partial charge in [-0.05, 0) is 31.5 Å². The average Bonchev–Trinajstić information content (AvgIpc) is 2.55. The molecular weight excluding hydrogens is 204 g/mol. The highest BCUT2D eigenvalue weighted by molar-refractivity contribution is 5.96. The van der Waals surface area contributed by atoms with Crippen molar-refractivity contribution >= 4 is 17.0 Å². The average molecular weight is 218 g/mol. The zero-order chi connectivity index (χ0) is 11.9. The Kier molecular flexibility index (Phi) is 2.42. The predicted octanol–water partition coefficient (Wildman–Crippen LogP) is 1.98. The molecule has 4 nitrogen and oxygen atoms in total. The van der Waals surface area contributed by atoms with Crippen LogP contribution in [0.15, 0.2) is 12.1 Å². The Morgan fingerprint density at radius 3 is 2.69 bits per heavy atom. The maximum atomic E-state index is 11.5. The van der Waals surface area contributed by atoms with Gasteiger partial charge in [0.2, 0.25) is 0 Å². The molecule has 0 radical (unpaired) electrons. The van der Waals surface area contributed by atoms with Gasteiger partial charge in [-0.2, -0.15) is 0 Å². The van der Waals surface area contributed by atoms with Gasteiger partial charge >= 0.3 is 5.97 Å². The van der Waals surface area contributed by atoms with Gasteiger partial charge in [-0.25, -0.2) is 9.78 Å². The Hall–Kier alpha value is -1.84. The molecule has 0 N–H and O–H groups in total. The number of ether oxygens (including phenoxy) is 1. The van der Waals surface area contributed by atoms with E-state index in [4.69, 9.17) is 4.74 Å². The number of aromatic nitrogens is 2. The molecule has 0 unspecified atom stereocenters. The van der Waals surface area contributed by atoms with Gasteiger partial charge in [0.05, 0.1) is 23.7 Å². The normalized spacial score (nSPS) is 10.8. The summed E-state index contributed by atoms with van der Waals surface area (Å²) in [5.74, 6) is 0.623. The number of carbonyl (C=O) groups excluding carboxylic acids is 1. The molecule has 0 aliphatic rings. The van der Waals surface area contributed by atoms with Gasteiger partial charge < -0.3 is 9.30 Å². The topological polar surface area (TPSA) is 44.1 Å². The van der Waals surface area contributed by atoms with Crippen molar-refractivity contribution < 1.29 is 9.53 Å². The van der Waals surface area contributed by atoms with Crippen LogP contribution in [-0.4, -0.2) is 22.6 Å². The highest BCUT2D eigenvalue weighted by Crippen LogP contribution is 2.22. The third kappa shape index (κ3) is 1.38. The fraction of sp³-hybridized carbons (Fsp3) is 0.333. The number of imidazole rings is 1. The van der Waals surface area contributed by atoms with E-state index in [-0.39, 0.29) is 5.97 Å². The van der Waals surface area contributed by atoms with E-state index in [1.807, 2.05) is 31.5 Å². The minimum Gasteiger partial charge on any atom is -0.465 e. The summed E-state index contributed by atoms with van der Waals surface area (Å²) in [6, 6.07) is 3.61. The van der Waals surface area contributed by atoms with Crippen LogP contribution in [0.1, 0.15) is 21.7 Å². The smallest absolute Gasteiger partial charge is 0.338 e. The van der Waals surface area contributed by atoms with Crippen LogP contribution >= 0.6 is 0 Å². The van der Waals surface area contributed by atoms with Gasteiger partial charge in [-0.1, -0.05) is 0 Å². The lowest BCUT2D eigenvalue weighted by Gasteiger charge is -2.06. The molecule has 16 heavy (non-hydrogen) atoms. The number of fused-ring (bicyclic) bond motifs is 1. The van der Waals surface area contributed by atoms with E-state index in [0.29, 0.717) is 5.56 Å². The van der Waals surface area contributed by atoms with Crippen LogP contribution in [0.2, 0.25) is 0 Å². The van der Waals surface area contributed by atoms with Gasteiger partial charge in [-0.15, -0.1) is 0 Å². The molecule has 1 aromatic heterocycles. The Balaban J connectivity index is 2.78. The first-order valence-electron chi connectivity index (χ1n) is 5.07. The first kappa shape index (κ1) is 10.7. The van der Waals surface area contributed by atoms with E-state index in [0.717, 1.165) is 22.4 Å². The van der Waals surface area contributed by atoms with E-state index >= 15 is 0 Å². The Bertz CT molecular complexity index is 570. The lowest BCUT2D eigenvalue weighted by atomic mass is 10.1. The Labute approximate surface area is 93.9 Å². The summed E-state index contributed by atoms with van der Waals surface area (Å²) in [5.41, 5.74) is 3.40. The molecule has 2 aromatic rings. The molecule has 4 heteroatoms. The van der Waals surface area contributed by atoms with Crippen LogP contribution in [-0.2, 0) is 11.8 Å². The summed E-state index contributed by atoms with van der Waals surface area (Å²) < 4.78 is 6.73. The Morgan fingerprint density at radius 2 is 2.06 bits per heavy atom. The van der Waals surface area contributed by atoms with Crippen LogP contribution in [0.3, 0.4) is 0 Å². The van der Waals surface area contributed by atoms with E-state index in [1.54, 1.807) is 6.07 Å². The van der Waals surface area contributed by atoms with Gasteiger partial charge in [0.25, 0.3) is 0 Å². The Morgan fingerprint density at radius 1 is 1.38 bits per heavy atom. The second-order valence-electron chi connectivity index (χ2n) is 3.82. The second-order valence-corrected chi connectivity index (χ2v) is 3.82. The molecule has 0 fully saturated rings. The van der Waals surface area contributed by atoms with E-state index < -0.39 is 0 Å². The fourth-order valence-corrected chi connectivity index (χ4v) is 1.94. The molecule has 1 aromatic carbocycles. The third-order valence-corrected chi connectivity index (χ3v) is 2.92. The number of aryl methyl sites for hydroxylation is 3. The molecule has 84 valence electrons. The summed E-state index contributed by atoms with van der Waals surface area (Å²) in [5, 5.41) is 0. The summed E-state index contributed by atoms with van der Waals surface area (Å²) in [6.07, 6.45) is 0. The van der Waals surface area contributed by atoms with Crippen molar-refractivity contribution in [3.63, 3.8) is 0 Å². The summed E-state index contributed by atoms with van der Waals surface area (Å²) in [4.78, 5) is 16.0. The molecule has 0 amide bonds. The van der Waals surface area contributed by atoms with Crippen molar-refractivity contribution in [3.05, 3.63) is 29.1 Å². The molecular formula is C12H14N2O2. The molecule has 0 spiro atoms. The first-order chi connectivity index (χ1) is 7.56. The van der Waals surface area contributed by atoms with Crippen molar-refractivity contribution in [2.24, 2.45) is 7.05 Å². The highest BCUT2D eigenvalue weighted by atomic mass is 16.5. The van der Waals surface area contributed by atoms with Crippen LogP contribution in [0.25, 0.3) is 11.0 Å². The summed E-state index contributed by atoms with van der Waals surface area (Å²) in [7, 11) is 3.33. The van der Waals surface area contributed by atoms with Crippen LogP contribution < -0.4 is 0 Å². The molecule has 0 saturated carbocycles. The predicted molar refractivity (Wildman–Crippen MR) is 61.5 cm³/mol. The number of rotatable bonds is 1. The van der Waals surface area contributed by atoms with Crippen molar-refractivity contribution in [1.29, 1.82) is 0 Å². The summed E-state index contributed by atoms with van der Waals surface area (Å²) >= 11 is 0. The zero-order valence-corrected chi connectivity index (χ0v) is 9.87. The molecule has 1 heterocycles. The zero-order valence-electron chi connectivity index (χ0n) is 9.87. The number of nitrogens with zero attached hydrogens (tertiary/aromatic N) is 2. The lowest BCUT2D eigenvalue weighted by molar-refractivity contribution is 0.0600. The maximum Gasteiger partial charge on any atom is 0.338 e. The largest absolute Gasteiger partial charge is 0.465 e. The SMILES string of the molecule is COC(=O)c1ccc2nc(C)n(C)c2c1C. The minimum absolute atomic E-state index is 0.307. The molecule has 2 rings (SSSR count). The molecule has 0 atom stereocenters. The molecule has 0 aliphatic heterocycles. The van der Waals surface area contributed by atoms with Crippen LogP contribution in [0.4, 0.5) is 0 Å². The fourth-order valence-electron chi connectivity index (χ4n) is 1.94. The van der Waals surface area contributed by atoms with Crippen molar-refractivity contribution in [3.8, 4) is 0 Å². The first-order valence-corrected chi connectivity index (χ1v) is 5.07.